The Morgan fingerprint density at radius 3 is 2.10 bits per heavy atom. The van der Waals surface area contributed by atoms with E-state index in [9.17, 15) is 0 Å². The molecule has 1 aromatic rings. The van der Waals surface area contributed by atoms with Crippen LogP contribution in [0.5, 0.6) is 0 Å². The van der Waals surface area contributed by atoms with Crippen LogP contribution in [0.3, 0.4) is 0 Å². The minimum Gasteiger partial charge on any atom is -0.310 e. The lowest BCUT2D eigenvalue weighted by atomic mass is 9.97. The van der Waals surface area contributed by atoms with E-state index >= 15 is 0 Å². The summed E-state index contributed by atoms with van der Waals surface area (Å²) >= 11 is 0. The maximum Gasteiger partial charge on any atom is 0.0315 e. The minimum absolute atomic E-state index is 0.698. The number of rotatable bonds is 3. The fraction of sp³-hybridized carbons (Fsp3) is 0.737. The Hall–Kier alpha value is -0.890. The molecule has 0 bridgehead atoms. The molecule has 0 unspecified atom stereocenters. The van der Waals surface area contributed by atoms with Crippen molar-refractivity contribution in [2.75, 3.05) is 0 Å². The SMILES string of the molecule is Cc1ccncc1CNC1CCCCCCCCCCC1. The second-order valence-corrected chi connectivity index (χ2v) is 6.64. The summed E-state index contributed by atoms with van der Waals surface area (Å²) < 4.78 is 0. The number of hydrogen-bond donors (Lipinski definition) is 1. The summed E-state index contributed by atoms with van der Waals surface area (Å²) in [7, 11) is 0. The van der Waals surface area contributed by atoms with Gasteiger partial charge in [0.15, 0.2) is 0 Å². The fourth-order valence-corrected chi connectivity index (χ4v) is 3.30. The first-order valence-corrected chi connectivity index (χ1v) is 8.99. The minimum atomic E-state index is 0.698. The standard InChI is InChI=1S/C19H32N2/c1-17-13-14-20-15-18(17)16-21-19-11-9-7-5-3-2-4-6-8-10-12-19/h13-15,19,21H,2-12,16H2,1H3. The van der Waals surface area contributed by atoms with E-state index in [0.717, 1.165) is 6.54 Å². The lowest BCUT2D eigenvalue weighted by Gasteiger charge is -2.20. The third-order valence-electron chi connectivity index (χ3n) is 4.83. The Bertz CT molecular complexity index is 377. The van der Waals surface area contributed by atoms with Crippen LogP contribution < -0.4 is 5.32 Å². The van der Waals surface area contributed by atoms with Gasteiger partial charge < -0.3 is 5.32 Å². The van der Waals surface area contributed by atoms with Gasteiger partial charge in [0.25, 0.3) is 0 Å². The van der Waals surface area contributed by atoms with Gasteiger partial charge in [-0.15, -0.1) is 0 Å². The molecule has 0 aliphatic heterocycles. The number of pyridine rings is 1. The second kappa shape index (κ2) is 9.94. The lowest BCUT2D eigenvalue weighted by Crippen LogP contribution is -2.29. The summed E-state index contributed by atoms with van der Waals surface area (Å²) in [5.74, 6) is 0. The predicted molar refractivity (Wildman–Crippen MR) is 90.4 cm³/mol. The topological polar surface area (TPSA) is 24.9 Å². The molecule has 0 atom stereocenters. The zero-order valence-corrected chi connectivity index (χ0v) is 13.7. The molecule has 0 aromatic carbocycles. The van der Waals surface area contributed by atoms with Crippen molar-refractivity contribution in [3.63, 3.8) is 0 Å². The van der Waals surface area contributed by atoms with Crippen molar-refractivity contribution < 1.29 is 0 Å². The molecule has 0 saturated heterocycles. The molecule has 1 aromatic heterocycles. The number of nitrogens with zero attached hydrogens (tertiary/aromatic N) is 1. The Morgan fingerprint density at radius 1 is 0.952 bits per heavy atom. The van der Waals surface area contributed by atoms with Crippen LogP contribution in [0.25, 0.3) is 0 Å². The van der Waals surface area contributed by atoms with Crippen LogP contribution in [0.2, 0.25) is 0 Å². The Labute approximate surface area is 130 Å². The monoisotopic (exact) mass is 288 g/mol. The van der Waals surface area contributed by atoms with E-state index in [1.165, 1.54) is 81.8 Å². The number of nitrogens with one attached hydrogen (secondary N) is 1. The third kappa shape index (κ3) is 6.60. The van der Waals surface area contributed by atoms with Gasteiger partial charge in [-0.3, -0.25) is 4.98 Å². The van der Waals surface area contributed by atoms with Gasteiger partial charge in [-0.2, -0.15) is 0 Å². The highest BCUT2D eigenvalue weighted by atomic mass is 14.9. The first-order valence-electron chi connectivity index (χ1n) is 8.99. The van der Waals surface area contributed by atoms with Crippen LogP contribution >= 0.6 is 0 Å². The molecule has 0 radical (unpaired) electrons. The predicted octanol–water partition coefficient (Wildman–Crippen LogP) is 5.15. The highest BCUT2D eigenvalue weighted by Crippen LogP contribution is 2.17. The molecule has 1 fully saturated rings. The van der Waals surface area contributed by atoms with E-state index in [-0.39, 0.29) is 0 Å². The normalized spacial score (nSPS) is 19.7. The van der Waals surface area contributed by atoms with Crippen molar-refractivity contribution in [1.29, 1.82) is 0 Å². The maximum atomic E-state index is 4.25. The highest BCUT2D eigenvalue weighted by Gasteiger charge is 2.09. The molecule has 1 saturated carbocycles. The van der Waals surface area contributed by atoms with Crippen LogP contribution in [0.1, 0.15) is 81.8 Å². The molecule has 0 amide bonds. The van der Waals surface area contributed by atoms with Gasteiger partial charge in [0.1, 0.15) is 0 Å². The van der Waals surface area contributed by atoms with Crippen LogP contribution in [0, 0.1) is 6.92 Å². The zero-order valence-electron chi connectivity index (χ0n) is 13.7. The van der Waals surface area contributed by atoms with Gasteiger partial charge in [-0.05, 0) is 37.0 Å². The van der Waals surface area contributed by atoms with E-state index in [0.29, 0.717) is 6.04 Å². The van der Waals surface area contributed by atoms with Gasteiger partial charge in [0, 0.05) is 25.0 Å². The van der Waals surface area contributed by atoms with E-state index < -0.39 is 0 Å². The summed E-state index contributed by atoms with van der Waals surface area (Å²) in [5, 5.41) is 3.79. The molecule has 1 aliphatic rings. The van der Waals surface area contributed by atoms with Crippen LogP contribution in [-0.2, 0) is 6.54 Å². The summed E-state index contributed by atoms with van der Waals surface area (Å²) in [6, 6.07) is 2.81. The smallest absolute Gasteiger partial charge is 0.0315 e. The molecule has 21 heavy (non-hydrogen) atoms. The largest absolute Gasteiger partial charge is 0.310 e. The van der Waals surface area contributed by atoms with E-state index in [1.54, 1.807) is 0 Å². The molecule has 1 N–H and O–H groups in total. The molecular weight excluding hydrogens is 256 g/mol. The molecular formula is C19H32N2. The van der Waals surface area contributed by atoms with Crippen molar-refractivity contribution in [1.82, 2.24) is 10.3 Å². The fourth-order valence-electron chi connectivity index (χ4n) is 3.30. The van der Waals surface area contributed by atoms with E-state index in [2.05, 4.69) is 23.3 Å². The number of aromatic nitrogens is 1. The summed E-state index contributed by atoms with van der Waals surface area (Å²) in [5.41, 5.74) is 2.70. The first kappa shape index (κ1) is 16.5. The Kier molecular flexibility index (Phi) is 7.80. The van der Waals surface area contributed by atoms with Crippen molar-refractivity contribution in [2.45, 2.75) is 90.1 Å². The lowest BCUT2D eigenvalue weighted by molar-refractivity contribution is 0.402. The van der Waals surface area contributed by atoms with Crippen LogP contribution in [-0.4, -0.2) is 11.0 Å². The van der Waals surface area contributed by atoms with Gasteiger partial charge >= 0.3 is 0 Å². The summed E-state index contributed by atoms with van der Waals surface area (Å²) in [4.78, 5) is 4.25. The van der Waals surface area contributed by atoms with Crippen molar-refractivity contribution in [3.8, 4) is 0 Å². The third-order valence-corrected chi connectivity index (χ3v) is 4.83. The van der Waals surface area contributed by atoms with Crippen molar-refractivity contribution >= 4 is 0 Å². The maximum absolute atomic E-state index is 4.25. The van der Waals surface area contributed by atoms with Gasteiger partial charge in [-0.1, -0.05) is 57.8 Å². The molecule has 2 heteroatoms. The van der Waals surface area contributed by atoms with Crippen LogP contribution in [0.4, 0.5) is 0 Å². The van der Waals surface area contributed by atoms with Gasteiger partial charge in [-0.25, -0.2) is 0 Å². The molecule has 1 heterocycles. The number of hydrogen-bond acceptors (Lipinski definition) is 2. The summed E-state index contributed by atoms with van der Waals surface area (Å²) in [6.45, 7) is 3.16. The molecule has 2 nitrogen and oxygen atoms in total. The second-order valence-electron chi connectivity index (χ2n) is 6.64. The molecule has 2 rings (SSSR count). The average molecular weight is 288 g/mol. The van der Waals surface area contributed by atoms with Crippen LogP contribution in [0.15, 0.2) is 18.5 Å². The molecule has 0 spiro atoms. The quantitative estimate of drug-likeness (QED) is 0.831. The van der Waals surface area contributed by atoms with Crippen molar-refractivity contribution in [2.24, 2.45) is 0 Å². The summed E-state index contributed by atoms with van der Waals surface area (Å²) in [6.07, 6.45) is 19.5. The van der Waals surface area contributed by atoms with E-state index in [1.807, 2.05) is 12.4 Å². The highest BCUT2D eigenvalue weighted by molar-refractivity contribution is 5.21. The number of aryl methyl sites for hydroxylation is 1. The van der Waals surface area contributed by atoms with E-state index in [4.69, 9.17) is 0 Å². The zero-order chi connectivity index (χ0) is 14.8. The van der Waals surface area contributed by atoms with Crippen molar-refractivity contribution in [3.05, 3.63) is 29.6 Å². The Morgan fingerprint density at radius 2 is 1.52 bits per heavy atom. The molecule has 118 valence electrons. The first-order chi connectivity index (χ1) is 10.4. The van der Waals surface area contributed by atoms with Gasteiger partial charge in [0.05, 0.1) is 0 Å². The average Bonchev–Trinajstić information content (AvgIpc) is 2.48. The Balaban J connectivity index is 1.79. The molecule has 1 aliphatic carbocycles. The van der Waals surface area contributed by atoms with Gasteiger partial charge in [0.2, 0.25) is 0 Å².